The maximum atomic E-state index is 5.71. The lowest BCUT2D eigenvalue weighted by molar-refractivity contribution is -0.617. The highest BCUT2D eigenvalue weighted by molar-refractivity contribution is 6.11. The maximum absolute atomic E-state index is 5.71. The number of nitrogens with zero attached hydrogens (tertiary/aromatic N) is 1. The van der Waals surface area contributed by atoms with Crippen molar-refractivity contribution in [2.45, 2.75) is 0 Å². The van der Waals surface area contributed by atoms with E-state index in [4.69, 9.17) is 9.47 Å². The lowest BCUT2D eigenvalue weighted by Crippen LogP contribution is -2.30. The number of rotatable bonds is 3. The first kappa shape index (κ1) is 15.5. The molecule has 124 valence electrons. The van der Waals surface area contributed by atoms with Crippen LogP contribution in [0.1, 0.15) is 0 Å². The molecule has 0 fully saturated rings. The summed E-state index contributed by atoms with van der Waals surface area (Å²) in [4.78, 5) is 0. The summed E-state index contributed by atoms with van der Waals surface area (Å²) < 4.78 is 13.6. The third-order valence-corrected chi connectivity index (χ3v) is 4.73. The summed E-state index contributed by atoms with van der Waals surface area (Å²) in [7, 11) is 5.52. The fourth-order valence-corrected chi connectivity index (χ4v) is 3.59. The van der Waals surface area contributed by atoms with Gasteiger partial charge in [0.25, 0.3) is 0 Å². The third-order valence-electron chi connectivity index (χ3n) is 4.73. The van der Waals surface area contributed by atoms with Gasteiger partial charge >= 0.3 is 0 Å². The molecule has 0 saturated carbocycles. The highest BCUT2D eigenvalue weighted by atomic mass is 16.5. The summed E-state index contributed by atoms with van der Waals surface area (Å²) in [5, 5.41) is 2.19. The van der Waals surface area contributed by atoms with Gasteiger partial charge in [0.05, 0.1) is 25.0 Å². The molecule has 4 aromatic rings. The quantitative estimate of drug-likeness (QED) is 0.407. The van der Waals surface area contributed by atoms with Crippen LogP contribution in [0.25, 0.3) is 32.9 Å². The molecule has 0 saturated heterocycles. The zero-order valence-corrected chi connectivity index (χ0v) is 14.6. The van der Waals surface area contributed by atoms with E-state index in [1.54, 1.807) is 14.2 Å². The standard InChI is InChI=1S/C22H20NO2/c1-23-16-11-7-13-18(24-2)21(16)20(15-9-5-4-6-10-15)22-17(23)12-8-14-19(22)25-3/h4-14H,1-3H3/q+1. The van der Waals surface area contributed by atoms with Crippen molar-refractivity contribution in [2.24, 2.45) is 7.05 Å². The van der Waals surface area contributed by atoms with Crippen LogP contribution in [-0.4, -0.2) is 14.2 Å². The van der Waals surface area contributed by atoms with Crippen LogP contribution in [0.2, 0.25) is 0 Å². The van der Waals surface area contributed by atoms with Crippen LogP contribution in [0.3, 0.4) is 0 Å². The molecule has 0 N–H and O–H groups in total. The molecule has 0 aliphatic carbocycles. The van der Waals surface area contributed by atoms with Crippen LogP contribution >= 0.6 is 0 Å². The van der Waals surface area contributed by atoms with Gasteiger partial charge in [-0.2, -0.15) is 4.57 Å². The van der Waals surface area contributed by atoms with Crippen molar-refractivity contribution < 1.29 is 14.0 Å². The predicted octanol–water partition coefficient (Wildman–Crippen LogP) is 4.50. The largest absolute Gasteiger partial charge is 0.496 e. The van der Waals surface area contributed by atoms with Crippen molar-refractivity contribution in [2.75, 3.05) is 14.2 Å². The molecule has 0 bridgehead atoms. The summed E-state index contributed by atoms with van der Waals surface area (Å²) in [5.74, 6) is 1.72. The lowest BCUT2D eigenvalue weighted by atomic mass is 9.94. The molecule has 0 aliphatic rings. The van der Waals surface area contributed by atoms with E-state index in [0.29, 0.717) is 0 Å². The van der Waals surface area contributed by atoms with Gasteiger partial charge in [-0.1, -0.05) is 42.5 Å². The van der Waals surface area contributed by atoms with E-state index in [-0.39, 0.29) is 0 Å². The number of aromatic nitrogens is 1. The van der Waals surface area contributed by atoms with Crippen molar-refractivity contribution in [3.63, 3.8) is 0 Å². The molecule has 1 aromatic heterocycles. The Labute approximate surface area is 147 Å². The maximum Gasteiger partial charge on any atom is 0.217 e. The van der Waals surface area contributed by atoms with Crippen LogP contribution in [0, 0.1) is 0 Å². The van der Waals surface area contributed by atoms with E-state index in [2.05, 4.69) is 48.0 Å². The summed E-state index contributed by atoms with van der Waals surface area (Å²) in [6.07, 6.45) is 0. The Kier molecular flexibility index (Phi) is 3.77. The number of aryl methyl sites for hydroxylation is 1. The number of ether oxygens (including phenoxy) is 2. The van der Waals surface area contributed by atoms with E-state index in [1.165, 1.54) is 0 Å². The first-order valence-corrected chi connectivity index (χ1v) is 8.27. The fourth-order valence-electron chi connectivity index (χ4n) is 3.59. The number of hydrogen-bond acceptors (Lipinski definition) is 2. The zero-order valence-electron chi connectivity index (χ0n) is 14.6. The molecule has 3 heteroatoms. The van der Waals surface area contributed by atoms with Gasteiger partial charge in [0.15, 0.2) is 0 Å². The van der Waals surface area contributed by atoms with Gasteiger partial charge in [0, 0.05) is 17.7 Å². The van der Waals surface area contributed by atoms with Crippen LogP contribution in [0.15, 0.2) is 66.7 Å². The molecule has 3 nitrogen and oxygen atoms in total. The molecule has 3 aromatic carbocycles. The van der Waals surface area contributed by atoms with Gasteiger partial charge in [-0.15, -0.1) is 0 Å². The van der Waals surface area contributed by atoms with E-state index < -0.39 is 0 Å². The summed E-state index contributed by atoms with van der Waals surface area (Å²) in [5.41, 5.74) is 4.53. The van der Waals surface area contributed by atoms with Gasteiger partial charge in [0.1, 0.15) is 18.5 Å². The Balaban J connectivity index is 2.34. The highest BCUT2D eigenvalue weighted by Gasteiger charge is 2.24. The van der Waals surface area contributed by atoms with Crippen molar-refractivity contribution in [3.05, 3.63) is 66.7 Å². The zero-order chi connectivity index (χ0) is 17.4. The SMILES string of the molecule is COc1cccc2c1c(-c1ccccc1)c1c(OC)cccc1[n+]2C. The Morgan fingerprint density at radius 1 is 0.640 bits per heavy atom. The second-order valence-corrected chi connectivity index (χ2v) is 6.01. The summed E-state index contributed by atoms with van der Waals surface area (Å²) in [6.45, 7) is 0. The first-order chi connectivity index (χ1) is 12.3. The number of hydrogen-bond donors (Lipinski definition) is 0. The Morgan fingerprint density at radius 3 is 1.64 bits per heavy atom. The second-order valence-electron chi connectivity index (χ2n) is 6.01. The van der Waals surface area contributed by atoms with Crippen molar-refractivity contribution in [1.29, 1.82) is 0 Å². The smallest absolute Gasteiger partial charge is 0.217 e. The van der Waals surface area contributed by atoms with Crippen LogP contribution in [-0.2, 0) is 7.05 Å². The van der Waals surface area contributed by atoms with Gasteiger partial charge in [0.2, 0.25) is 11.0 Å². The molecule has 0 aliphatic heterocycles. The first-order valence-electron chi connectivity index (χ1n) is 8.27. The number of benzene rings is 3. The Bertz CT molecular complexity index is 1010. The minimum atomic E-state index is 0.861. The van der Waals surface area contributed by atoms with Crippen molar-refractivity contribution in [3.8, 4) is 22.6 Å². The third kappa shape index (κ3) is 2.31. The Hall–Kier alpha value is -3.07. The normalized spacial score (nSPS) is 11.0. The van der Waals surface area contributed by atoms with E-state index in [1.807, 2.05) is 30.3 Å². The predicted molar refractivity (Wildman–Crippen MR) is 101 cm³/mol. The molecule has 25 heavy (non-hydrogen) atoms. The highest BCUT2D eigenvalue weighted by Crippen LogP contribution is 2.41. The molecule has 0 radical (unpaired) electrons. The lowest BCUT2D eigenvalue weighted by Gasteiger charge is -2.15. The average molecular weight is 330 g/mol. The molecule has 4 rings (SSSR count). The summed E-state index contributed by atoms with van der Waals surface area (Å²) >= 11 is 0. The van der Waals surface area contributed by atoms with E-state index in [9.17, 15) is 0 Å². The monoisotopic (exact) mass is 330 g/mol. The van der Waals surface area contributed by atoms with Crippen molar-refractivity contribution in [1.82, 2.24) is 0 Å². The number of pyridine rings is 1. The fraction of sp³-hybridized carbons (Fsp3) is 0.136. The van der Waals surface area contributed by atoms with Gasteiger partial charge in [-0.25, -0.2) is 0 Å². The van der Waals surface area contributed by atoms with E-state index >= 15 is 0 Å². The van der Waals surface area contributed by atoms with E-state index in [0.717, 1.165) is 44.4 Å². The number of fused-ring (bicyclic) bond motifs is 2. The second kappa shape index (κ2) is 6.10. The summed E-state index contributed by atoms with van der Waals surface area (Å²) in [6, 6.07) is 22.8. The van der Waals surface area contributed by atoms with Crippen LogP contribution in [0.5, 0.6) is 11.5 Å². The van der Waals surface area contributed by atoms with Crippen LogP contribution in [0.4, 0.5) is 0 Å². The Morgan fingerprint density at radius 2 is 1.16 bits per heavy atom. The van der Waals surface area contributed by atoms with Gasteiger partial charge in [-0.05, 0) is 17.7 Å². The minimum Gasteiger partial charge on any atom is -0.496 e. The molecule has 0 atom stereocenters. The molecule has 0 amide bonds. The van der Waals surface area contributed by atoms with Gasteiger partial charge in [-0.3, -0.25) is 0 Å². The minimum absolute atomic E-state index is 0.861. The van der Waals surface area contributed by atoms with Crippen LogP contribution < -0.4 is 14.0 Å². The molecular weight excluding hydrogens is 310 g/mol. The van der Waals surface area contributed by atoms with Gasteiger partial charge < -0.3 is 9.47 Å². The molecular formula is C22H20NO2+. The number of methoxy groups -OCH3 is 2. The molecule has 0 unspecified atom stereocenters. The molecule has 0 spiro atoms. The average Bonchev–Trinajstić information content (AvgIpc) is 2.68. The van der Waals surface area contributed by atoms with Crippen molar-refractivity contribution >= 4 is 21.8 Å². The topological polar surface area (TPSA) is 22.3 Å². The molecule has 1 heterocycles.